The van der Waals surface area contributed by atoms with E-state index in [-0.39, 0.29) is 5.91 Å². The van der Waals surface area contributed by atoms with Crippen molar-refractivity contribution in [3.8, 4) is 0 Å². The Labute approximate surface area is 128 Å². The summed E-state index contributed by atoms with van der Waals surface area (Å²) in [6.45, 7) is 3.83. The fraction of sp³-hybridized carbons (Fsp3) is 0.250. The highest BCUT2D eigenvalue weighted by Crippen LogP contribution is 2.21. The topological polar surface area (TPSA) is 63.9 Å². The molecule has 0 spiro atoms. The molecule has 1 amide bonds. The second-order valence-electron chi connectivity index (χ2n) is 5.37. The average Bonchev–Trinajstić information content (AvgIpc) is 2.87. The monoisotopic (exact) mass is 295 g/mol. The largest absolute Gasteiger partial charge is 0.296 e. The van der Waals surface area contributed by atoms with Gasteiger partial charge in [-0.1, -0.05) is 6.07 Å². The lowest BCUT2D eigenvalue weighted by Crippen LogP contribution is -2.27. The zero-order valence-corrected chi connectivity index (χ0v) is 13.0. The van der Waals surface area contributed by atoms with Crippen molar-refractivity contribution in [2.24, 2.45) is 7.05 Å². The lowest BCUT2D eigenvalue weighted by molar-refractivity contribution is 0.0993. The second-order valence-corrected chi connectivity index (χ2v) is 5.37. The van der Waals surface area contributed by atoms with Crippen molar-refractivity contribution in [2.75, 3.05) is 11.9 Å². The van der Waals surface area contributed by atoms with E-state index in [1.165, 1.54) is 0 Å². The summed E-state index contributed by atoms with van der Waals surface area (Å²) in [6, 6.07) is 5.56. The Hall–Kier alpha value is -2.76. The van der Waals surface area contributed by atoms with Crippen molar-refractivity contribution >= 4 is 22.8 Å². The SMILES string of the molecule is Cc1ccc(N(C)C(=O)c2cc(C)nc3c2cnn3C)nc1. The Morgan fingerprint density at radius 2 is 2.00 bits per heavy atom. The average molecular weight is 295 g/mol. The predicted molar refractivity (Wildman–Crippen MR) is 85.0 cm³/mol. The Kier molecular flexibility index (Phi) is 3.36. The van der Waals surface area contributed by atoms with Gasteiger partial charge in [-0.25, -0.2) is 9.97 Å². The summed E-state index contributed by atoms with van der Waals surface area (Å²) in [6.07, 6.45) is 3.42. The van der Waals surface area contributed by atoms with Gasteiger partial charge in [-0.2, -0.15) is 5.10 Å². The maximum absolute atomic E-state index is 12.8. The lowest BCUT2D eigenvalue weighted by atomic mass is 10.1. The first-order valence-electron chi connectivity index (χ1n) is 6.97. The van der Waals surface area contributed by atoms with E-state index in [1.54, 1.807) is 35.1 Å². The number of nitrogens with zero attached hydrogens (tertiary/aromatic N) is 5. The summed E-state index contributed by atoms with van der Waals surface area (Å²) < 4.78 is 1.67. The molecular formula is C16H17N5O. The highest BCUT2D eigenvalue weighted by atomic mass is 16.2. The van der Waals surface area contributed by atoms with Gasteiger partial charge in [0.05, 0.1) is 17.1 Å². The lowest BCUT2D eigenvalue weighted by Gasteiger charge is -2.17. The summed E-state index contributed by atoms with van der Waals surface area (Å²) in [5, 5.41) is 4.94. The van der Waals surface area contributed by atoms with Crippen molar-refractivity contribution < 1.29 is 4.79 Å². The standard InChI is InChI=1S/C16H17N5O/c1-10-5-6-14(17-8-10)20(3)16(22)12-7-11(2)19-15-13(12)9-18-21(15)4/h5-9H,1-4H3. The molecule has 3 heterocycles. The number of carbonyl (C=O) groups is 1. The van der Waals surface area contributed by atoms with Crippen LogP contribution < -0.4 is 4.90 Å². The van der Waals surface area contributed by atoms with Gasteiger partial charge in [0.25, 0.3) is 5.91 Å². The molecule has 0 radical (unpaired) electrons. The van der Waals surface area contributed by atoms with Gasteiger partial charge in [0.2, 0.25) is 0 Å². The molecule has 3 aromatic heterocycles. The molecule has 22 heavy (non-hydrogen) atoms. The van der Waals surface area contributed by atoms with E-state index in [4.69, 9.17) is 0 Å². The molecule has 0 aliphatic rings. The summed E-state index contributed by atoms with van der Waals surface area (Å²) in [5.41, 5.74) is 3.12. The molecule has 0 aliphatic heterocycles. The Bertz CT molecular complexity index is 851. The van der Waals surface area contributed by atoms with Crippen LogP contribution in [0.3, 0.4) is 0 Å². The molecule has 0 bridgehead atoms. The van der Waals surface area contributed by atoms with Crippen molar-refractivity contribution in [1.29, 1.82) is 0 Å². The quantitative estimate of drug-likeness (QED) is 0.727. The van der Waals surface area contributed by atoms with Gasteiger partial charge in [-0.15, -0.1) is 0 Å². The van der Waals surface area contributed by atoms with Gasteiger partial charge in [-0.3, -0.25) is 14.4 Å². The third-order valence-electron chi connectivity index (χ3n) is 3.61. The third kappa shape index (κ3) is 2.32. The maximum atomic E-state index is 12.8. The van der Waals surface area contributed by atoms with Crippen molar-refractivity contribution in [1.82, 2.24) is 19.7 Å². The summed E-state index contributed by atoms with van der Waals surface area (Å²) in [4.78, 5) is 23.1. The maximum Gasteiger partial charge on any atom is 0.260 e. The molecule has 0 saturated heterocycles. The van der Waals surface area contributed by atoms with Gasteiger partial charge in [0.15, 0.2) is 5.65 Å². The Balaban J connectivity index is 2.06. The fourth-order valence-electron chi connectivity index (χ4n) is 2.36. The molecule has 0 N–H and O–H groups in total. The van der Waals surface area contributed by atoms with Crippen molar-refractivity contribution in [3.05, 3.63) is 47.4 Å². The molecule has 112 valence electrons. The Morgan fingerprint density at radius 1 is 1.23 bits per heavy atom. The van der Waals surface area contributed by atoms with E-state index in [9.17, 15) is 4.79 Å². The number of pyridine rings is 2. The molecule has 6 heteroatoms. The molecule has 0 saturated carbocycles. The second kappa shape index (κ2) is 5.22. The third-order valence-corrected chi connectivity index (χ3v) is 3.61. The molecule has 3 aromatic rings. The number of fused-ring (bicyclic) bond motifs is 1. The van der Waals surface area contributed by atoms with Gasteiger partial charge < -0.3 is 0 Å². The fourth-order valence-corrected chi connectivity index (χ4v) is 2.36. The van der Waals surface area contributed by atoms with Crippen LogP contribution in [0.5, 0.6) is 0 Å². The number of hydrogen-bond acceptors (Lipinski definition) is 4. The summed E-state index contributed by atoms with van der Waals surface area (Å²) in [5.74, 6) is 0.488. The van der Waals surface area contributed by atoms with Crippen LogP contribution >= 0.6 is 0 Å². The number of amides is 1. The van der Waals surface area contributed by atoms with Crippen LogP contribution in [0.2, 0.25) is 0 Å². The predicted octanol–water partition coefficient (Wildman–Crippen LogP) is 2.26. The molecule has 0 unspecified atom stereocenters. The number of hydrogen-bond donors (Lipinski definition) is 0. The van der Waals surface area contributed by atoms with Gasteiger partial charge >= 0.3 is 0 Å². The van der Waals surface area contributed by atoms with E-state index in [0.717, 1.165) is 16.6 Å². The van der Waals surface area contributed by atoms with E-state index in [0.29, 0.717) is 17.0 Å². The highest BCUT2D eigenvalue weighted by molar-refractivity contribution is 6.12. The smallest absolute Gasteiger partial charge is 0.260 e. The first-order valence-corrected chi connectivity index (χ1v) is 6.97. The van der Waals surface area contributed by atoms with Crippen LogP contribution in [-0.2, 0) is 7.05 Å². The molecule has 0 fully saturated rings. The molecular weight excluding hydrogens is 278 g/mol. The Morgan fingerprint density at radius 3 is 2.68 bits per heavy atom. The number of aromatic nitrogens is 4. The first-order chi connectivity index (χ1) is 10.5. The minimum atomic E-state index is -0.125. The molecule has 0 atom stereocenters. The minimum absolute atomic E-state index is 0.125. The van der Waals surface area contributed by atoms with Crippen LogP contribution in [0.15, 0.2) is 30.6 Å². The van der Waals surface area contributed by atoms with Crippen molar-refractivity contribution in [3.63, 3.8) is 0 Å². The van der Waals surface area contributed by atoms with E-state index in [2.05, 4.69) is 15.1 Å². The molecule has 3 rings (SSSR count). The van der Waals surface area contributed by atoms with Gasteiger partial charge in [0, 0.05) is 26.0 Å². The number of carbonyl (C=O) groups excluding carboxylic acids is 1. The number of anilines is 1. The van der Waals surface area contributed by atoms with E-state index < -0.39 is 0 Å². The zero-order chi connectivity index (χ0) is 15.9. The highest BCUT2D eigenvalue weighted by Gasteiger charge is 2.19. The molecule has 0 aliphatic carbocycles. The van der Waals surface area contributed by atoms with E-state index in [1.807, 2.05) is 33.0 Å². The van der Waals surface area contributed by atoms with Crippen LogP contribution in [0.4, 0.5) is 5.82 Å². The van der Waals surface area contributed by atoms with Crippen LogP contribution in [0, 0.1) is 13.8 Å². The first kappa shape index (κ1) is 14.2. The van der Waals surface area contributed by atoms with E-state index >= 15 is 0 Å². The molecule has 6 nitrogen and oxygen atoms in total. The van der Waals surface area contributed by atoms with Gasteiger partial charge in [0.1, 0.15) is 5.82 Å². The van der Waals surface area contributed by atoms with Crippen LogP contribution in [-0.4, -0.2) is 32.7 Å². The normalized spacial score (nSPS) is 10.9. The van der Waals surface area contributed by atoms with Crippen molar-refractivity contribution in [2.45, 2.75) is 13.8 Å². The number of rotatable bonds is 2. The minimum Gasteiger partial charge on any atom is -0.296 e. The van der Waals surface area contributed by atoms with Crippen LogP contribution in [0.25, 0.3) is 11.0 Å². The molecule has 0 aromatic carbocycles. The zero-order valence-electron chi connectivity index (χ0n) is 13.0. The van der Waals surface area contributed by atoms with Gasteiger partial charge in [-0.05, 0) is 31.5 Å². The summed E-state index contributed by atoms with van der Waals surface area (Å²) >= 11 is 0. The number of aryl methyl sites for hydroxylation is 3. The summed E-state index contributed by atoms with van der Waals surface area (Å²) in [7, 11) is 3.53. The van der Waals surface area contributed by atoms with Crippen LogP contribution in [0.1, 0.15) is 21.6 Å².